The van der Waals surface area contributed by atoms with Gasteiger partial charge < -0.3 is 0 Å². The molecule has 0 heterocycles. The molecular weight excluding hydrogens is 306 g/mol. The first kappa shape index (κ1) is 17.3. The highest BCUT2D eigenvalue weighted by atomic mass is 16.6. The summed E-state index contributed by atoms with van der Waals surface area (Å²) in [6.45, 7) is 6.38. The van der Waals surface area contributed by atoms with Crippen molar-refractivity contribution in [3.05, 3.63) is 75.3 Å². The number of carbonyl (C=O) groups excluding carboxylic acids is 1. The molecule has 2 aromatic carbocycles. The molecule has 1 N–H and O–H groups in total. The van der Waals surface area contributed by atoms with Crippen molar-refractivity contribution in [3.8, 4) is 0 Å². The second kappa shape index (κ2) is 7.04. The fraction of sp³-hybridized carbons (Fsp3) is 0.222. The highest BCUT2D eigenvalue weighted by Crippen LogP contribution is 2.21. The lowest BCUT2D eigenvalue weighted by Gasteiger charge is -2.18. The Bertz CT molecular complexity index is 775. The van der Waals surface area contributed by atoms with Crippen molar-refractivity contribution < 1.29 is 9.72 Å². The number of hydrogen-bond acceptors (Lipinski definition) is 4. The molecule has 24 heavy (non-hydrogen) atoms. The summed E-state index contributed by atoms with van der Waals surface area (Å²) >= 11 is 0. The lowest BCUT2D eigenvalue weighted by Crippen LogP contribution is -2.19. The van der Waals surface area contributed by atoms with Gasteiger partial charge in [-0.05, 0) is 22.6 Å². The number of nitro benzene ring substituents is 1. The third kappa shape index (κ3) is 4.25. The molecule has 1 amide bonds. The number of amides is 1. The number of hydrazone groups is 1. The highest BCUT2D eigenvalue weighted by molar-refractivity contribution is 5.98. The van der Waals surface area contributed by atoms with E-state index < -0.39 is 10.8 Å². The second-order valence-corrected chi connectivity index (χ2v) is 6.35. The van der Waals surface area contributed by atoms with Gasteiger partial charge in [0, 0.05) is 6.07 Å². The fourth-order valence-corrected chi connectivity index (χ4v) is 2.12. The summed E-state index contributed by atoms with van der Waals surface area (Å²) in [6.07, 6.45) is 1.50. The summed E-state index contributed by atoms with van der Waals surface area (Å²) in [5, 5.41) is 14.8. The van der Waals surface area contributed by atoms with Crippen LogP contribution in [0, 0.1) is 10.1 Å². The number of carbonyl (C=O) groups is 1. The molecule has 0 fully saturated rings. The number of para-hydroxylation sites is 1. The molecule has 124 valence electrons. The van der Waals surface area contributed by atoms with Gasteiger partial charge in [-0.25, -0.2) is 5.43 Å². The number of rotatable bonds is 4. The van der Waals surface area contributed by atoms with Crippen LogP contribution >= 0.6 is 0 Å². The molecule has 0 aromatic heterocycles. The van der Waals surface area contributed by atoms with E-state index in [-0.39, 0.29) is 16.7 Å². The predicted octanol–water partition coefficient (Wildman–Crippen LogP) is 3.66. The molecule has 0 aliphatic heterocycles. The zero-order valence-corrected chi connectivity index (χ0v) is 13.8. The van der Waals surface area contributed by atoms with Crippen LogP contribution < -0.4 is 5.43 Å². The molecule has 6 heteroatoms. The van der Waals surface area contributed by atoms with Crippen molar-refractivity contribution in [2.75, 3.05) is 0 Å². The molecule has 0 saturated carbocycles. The molecule has 0 spiro atoms. The van der Waals surface area contributed by atoms with Gasteiger partial charge in [-0.3, -0.25) is 14.9 Å². The van der Waals surface area contributed by atoms with Crippen molar-refractivity contribution in [3.63, 3.8) is 0 Å². The highest BCUT2D eigenvalue weighted by Gasteiger charge is 2.18. The van der Waals surface area contributed by atoms with Gasteiger partial charge in [-0.2, -0.15) is 5.10 Å². The Balaban J connectivity index is 2.07. The van der Waals surface area contributed by atoms with Crippen LogP contribution in [0.5, 0.6) is 0 Å². The minimum atomic E-state index is -0.620. The molecule has 0 aliphatic rings. The number of nitrogens with one attached hydrogen (secondary N) is 1. The molecule has 0 atom stereocenters. The first-order chi connectivity index (χ1) is 11.3. The van der Waals surface area contributed by atoms with Crippen molar-refractivity contribution in [2.45, 2.75) is 26.2 Å². The fourth-order valence-electron chi connectivity index (χ4n) is 2.12. The minimum Gasteiger partial charge on any atom is -0.267 e. The van der Waals surface area contributed by atoms with Crippen molar-refractivity contribution >= 4 is 17.8 Å². The maximum atomic E-state index is 12.0. The lowest BCUT2D eigenvalue weighted by atomic mass is 9.87. The topological polar surface area (TPSA) is 84.6 Å². The summed E-state index contributed by atoms with van der Waals surface area (Å²) in [6, 6.07) is 13.6. The van der Waals surface area contributed by atoms with Gasteiger partial charge >= 0.3 is 0 Å². The third-order valence-electron chi connectivity index (χ3n) is 3.50. The van der Waals surface area contributed by atoms with Gasteiger partial charge in [0.05, 0.1) is 11.1 Å². The van der Waals surface area contributed by atoms with E-state index in [9.17, 15) is 14.9 Å². The average molecular weight is 325 g/mol. The first-order valence-electron chi connectivity index (χ1n) is 7.46. The molecule has 0 bridgehead atoms. The van der Waals surface area contributed by atoms with Crippen LogP contribution in [0.15, 0.2) is 53.6 Å². The maximum absolute atomic E-state index is 12.0. The zero-order chi connectivity index (χ0) is 17.7. The zero-order valence-electron chi connectivity index (χ0n) is 13.8. The number of nitrogens with zero attached hydrogens (tertiary/aromatic N) is 2. The van der Waals surface area contributed by atoms with Crippen LogP contribution in [0.1, 0.15) is 42.3 Å². The number of hydrogen-bond donors (Lipinski definition) is 1. The Morgan fingerprint density at radius 1 is 1.12 bits per heavy atom. The van der Waals surface area contributed by atoms with Crippen LogP contribution in [-0.2, 0) is 5.41 Å². The largest absolute Gasteiger partial charge is 0.282 e. The molecule has 2 rings (SSSR count). The Hall–Kier alpha value is -3.02. The van der Waals surface area contributed by atoms with E-state index in [1.54, 1.807) is 6.07 Å². The molecule has 0 unspecified atom stereocenters. The van der Waals surface area contributed by atoms with Gasteiger partial charge in [0.1, 0.15) is 5.56 Å². The van der Waals surface area contributed by atoms with E-state index in [0.29, 0.717) is 0 Å². The van der Waals surface area contributed by atoms with Crippen LogP contribution in [0.4, 0.5) is 5.69 Å². The third-order valence-corrected chi connectivity index (χ3v) is 3.50. The van der Waals surface area contributed by atoms with E-state index in [2.05, 4.69) is 31.3 Å². The van der Waals surface area contributed by atoms with E-state index in [0.717, 1.165) is 5.56 Å². The average Bonchev–Trinajstić information content (AvgIpc) is 2.54. The summed E-state index contributed by atoms with van der Waals surface area (Å²) < 4.78 is 0. The van der Waals surface area contributed by atoms with Crippen molar-refractivity contribution in [1.29, 1.82) is 0 Å². The summed E-state index contributed by atoms with van der Waals surface area (Å²) in [5.74, 6) is -0.620. The van der Waals surface area contributed by atoms with Crippen LogP contribution in [0.25, 0.3) is 0 Å². The summed E-state index contributed by atoms with van der Waals surface area (Å²) in [4.78, 5) is 22.3. The summed E-state index contributed by atoms with van der Waals surface area (Å²) in [5.41, 5.74) is 4.13. The Kier molecular flexibility index (Phi) is 5.08. The van der Waals surface area contributed by atoms with Gasteiger partial charge in [0.25, 0.3) is 11.6 Å². The van der Waals surface area contributed by atoms with Gasteiger partial charge in [-0.15, -0.1) is 0 Å². The SMILES string of the molecule is CC(C)(C)c1ccc(C=NNC(=O)c2ccccc2[N+](=O)[O-])cc1. The monoisotopic (exact) mass is 325 g/mol. The smallest absolute Gasteiger partial charge is 0.267 e. The molecule has 0 aliphatic carbocycles. The summed E-state index contributed by atoms with van der Waals surface area (Å²) in [7, 11) is 0. The van der Waals surface area contributed by atoms with Crippen molar-refractivity contribution in [2.24, 2.45) is 5.10 Å². The Morgan fingerprint density at radius 2 is 1.75 bits per heavy atom. The van der Waals surface area contributed by atoms with E-state index in [4.69, 9.17) is 0 Å². The van der Waals surface area contributed by atoms with Crippen LogP contribution in [0.3, 0.4) is 0 Å². The predicted molar refractivity (Wildman–Crippen MR) is 93.3 cm³/mol. The second-order valence-electron chi connectivity index (χ2n) is 6.35. The Labute approximate surface area is 140 Å². The molecule has 0 saturated heterocycles. The number of nitro groups is 1. The number of benzene rings is 2. The van der Waals surface area contributed by atoms with Gasteiger partial charge in [0.2, 0.25) is 0 Å². The molecular formula is C18H19N3O3. The maximum Gasteiger partial charge on any atom is 0.282 e. The minimum absolute atomic E-state index is 0.0252. The Morgan fingerprint density at radius 3 is 2.33 bits per heavy atom. The van der Waals surface area contributed by atoms with Gasteiger partial charge in [0.15, 0.2) is 0 Å². The van der Waals surface area contributed by atoms with E-state index in [1.807, 2.05) is 24.3 Å². The molecule has 0 radical (unpaired) electrons. The van der Waals surface area contributed by atoms with E-state index in [1.165, 1.54) is 30.0 Å². The molecule has 2 aromatic rings. The van der Waals surface area contributed by atoms with Crippen LogP contribution in [-0.4, -0.2) is 17.0 Å². The standard InChI is InChI=1S/C18H19N3O3/c1-18(2,3)14-10-8-13(9-11-14)12-19-20-17(22)15-6-4-5-7-16(15)21(23)24/h4-12H,1-3H3,(H,20,22). The van der Waals surface area contributed by atoms with Crippen molar-refractivity contribution in [1.82, 2.24) is 5.43 Å². The van der Waals surface area contributed by atoms with Gasteiger partial charge in [-0.1, -0.05) is 57.2 Å². The molecule has 6 nitrogen and oxygen atoms in total. The lowest BCUT2D eigenvalue weighted by molar-refractivity contribution is -0.385. The van der Waals surface area contributed by atoms with Crippen LogP contribution in [0.2, 0.25) is 0 Å². The first-order valence-corrected chi connectivity index (χ1v) is 7.46. The van der Waals surface area contributed by atoms with E-state index >= 15 is 0 Å². The normalized spacial score (nSPS) is 11.5. The quantitative estimate of drug-likeness (QED) is 0.529.